The average Bonchev–Trinajstić information content (AvgIpc) is 2.18. The maximum Gasteiger partial charge on any atom is 0.306 e. The Bertz CT molecular complexity index is 505. The Balaban J connectivity index is 3.20. The van der Waals surface area contributed by atoms with Gasteiger partial charge in [0.25, 0.3) is 0 Å². The summed E-state index contributed by atoms with van der Waals surface area (Å²) >= 11 is 0. The van der Waals surface area contributed by atoms with Crippen molar-refractivity contribution in [2.75, 3.05) is 12.9 Å². The highest BCUT2D eigenvalue weighted by molar-refractivity contribution is 7.86. The fourth-order valence-electron chi connectivity index (χ4n) is 1.37. The monoisotopic (exact) mass is 260 g/mol. The number of benzene rings is 1. The molecule has 0 aliphatic rings. The molecule has 96 valence electrons. The number of hydrogen-bond acceptors (Lipinski definition) is 5. The summed E-state index contributed by atoms with van der Waals surface area (Å²) < 4.78 is 26.7. The average molecular weight is 260 g/mol. The minimum atomic E-state index is -3.60. The normalized spacial score (nSPS) is 12.5. The summed E-state index contributed by atoms with van der Waals surface area (Å²) in [5.41, 5.74) is -0.248. The zero-order valence-corrected chi connectivity index (χ0v) is 10.8. The molecule has 6 heteroatoms. The number of aliphatic hydroxyl groups excluding tert-OH is 1. The molecule has 0 atom stereocenters. The maximum atomic E-state index is 11.0. The minimum Gasteiger partial charge on any atom is -0.508 e. The Labute approximate surface area is 101 Å². The number of phenolic OH excluding ortho intramolecular Hbond substituents is 1. The van der Waals surface area contributed by atoms with Gasteiger partial charge in [-0.1, -0.05) is 13.8 Å². The van der Waals surface area contributed by atoms with Gasteiger partial charge < -0.3 is 14.4 Å². The van der Waals surface area contributed by atoms with Gasteiger partial charge >= 0.3 is 10.1 Å². The van der Waals surface area contributed by atoms with Crippen molar-refractivity contribution in [3.05, 3.63) is 23.8 Å². The van der Waals surface area contributed by atoms with Crippen molar-refractivity contribution in [2.24, 2.45) is 0 Å². The molecule has 1 rings (SSSR count). The van der Waals surface area contributed by atoms with Crippen molar-refractivity contribution in [2.45, 2.75) is 19.3 Å². The molecule has 0 fully saturated rings. The van der Waals surface area contributed by atoms with Crippen molar-refractivity contribution >= 4 is 10.1 Å². The summed E-state index contributed by atoms with van der Waals surface area (Å²) in [6.45, 7) is 3.28. The van der Waals surface area contributed by atoms with Gasteiger partial charge in [-0.05, 0) is 18.2 Å². The molecule has 17 heavy (non-hydrogen) atoms. The van der Waals surface area contributed by atoms with Crippen LogP contribution in [-0.4, -0.2) is 31.5 Å². The molecule has 1 aromatic rings. The molecule has 0 bridgehead atoms. The van der Waals surface area contributed by atoms with Crippen molar-refractivity contribution in [1.29, 1.82) is 0 Å². The third-order valence-electron chi connectivity index (χ3n) is 2.34. The first-order valence-corrected chi connectivity index (χ1v) is 6.81. The number of rotatable bonds is 4. The van der Waals surface area contributed by atoms with Crippen LogP contribution in [0.3, 0.4) is 0 Å². The third-order valence-corrected chi connectivity index (χ3v) is 2.84. The van der Waals surface area contributed by atoms with Crippen LogP contribution in [0.15, 0.2) is 18.2 Å². The molecule has 0 spiro atoms. The van der Waals surface area contributed by atoms with E-state index in [1.54, 1.807) is 13.8 Å². The second kappa shape index (κ2) is 4.54. The van der Waals surface area contributed by atoms with E-state index in [9.17, 15) is 18.6 Å². The lowest BCUT2D eigenvalue weighted by molar-refractivity contribution is 0.215. The number of aromatic hydroxyl groups is 1. The lowest BCUT2D eigenvalue weighted by atomic mass is 9.85. The first kappa shape index (κ1) is 13.8. The highest BCUT2D eigenvalue weighted by Crippen LogP contribution is 2.33. The lowest BCUT2D eigenvalue weighted by Crippen LogP contribution is -2.22. The van der Waals surface area contributed by atoms with E-state index in [1.165, 1.54) is 18.2 Å². The fourth-order valence-corrected chi connectivity index (χ4v) is 1.82. The van der Waals surface area contributed by atoms with Gasteiger partial charge in [-0.15, -0.1) is 0 Å². The lowest BCUT2D eigenvalue weighted by Gasteiger charge is -2.23. The van der Waals surface area contributed by atoms with Crippen LogP contribution >= 0.6 is 0 Å². The zero-order chi connectivity index (χ0) is 13.3. The fraction of sp³-hybridized carbons (Fsp3) is 0.455. The van der Waals surface area contributed by atoms with E-state index in [-0.39, 0.29) is 18.1 Å². The molecule has 0 saturated heterocycles. The summed E-state index contributed by atoms with van der Waals surface area (Å²) in [5, 5.41) is 18.9. The van der Waals surface area contributed by atoms with Crippen molar-refractivity contribution < 1.29 is 22.8 Å². The van der Waals surface area contributed by atoms with Gasteiger partial charge in [-0.25, -0.2) is 0 Å². The molecular formula is C11H16O5S. The summed E-state index contributed by atoms with van der Waals surface area (Å²) in [4.78, 5) is 0. The summed E-state index contributed by atoms with van der Waals surface area (Å²) in [5.74, 6) is 0.103. The molecule has 0 heterocycles. The Morgan fingerprint density at radius 1 is 1.35 bits per heavy atom. The van der Waals surface area contributed by atoms with Gasteiger partial charge in [0.05, 0.1) is 12.9 Å². The van der Waals surface area contributed by atoms with Crippen LogP contribution in [-0.2, 0) is 15.5 Å². The van der Waals surface area contributed by atoms with E-state index in [1.807, 2.05) is 0 Å². The Hall–Kier alpha value is -1.27. The second-order valence-electron chi connectivity index (χ2n) is 4.51. The molecule has 0 radical (unpaired) electrons. The van der Waals surface area contributed by atoms with E-state index < -0.39 is 15.5 Å². The molecule has 5 nitrogen and oxygen atoms in total. The molecule has 0 aromatic heterocycles. The van der Waals surface area contributed by atoms with Crippen molar-refractivity contribution in [1.82, 2.24) is 0 Å². The van der Waals surface area contributed by atoms with Gasteiger partial charge in [0, 0.05) is 11.0 Å². The predicted molar refractivity (Wildman–Crippen MR) is 63.7 cm³/mol. The quantitative estimate of drug-likeness (QED) is 0.789. The highest BCUT2D eigenvalue weighted by Gasteiger charge is 2.24. The zero-order valence-electron chi connectivity index (χ0n) is 9.97. The van der Waals surface area contributed by atoms with Crippen LogP contribution in [0.5, 0.6) is 11.5 Å². The van der Waals surface area contributed by atoms with E-state index >= 15 is 0 Å². The third kappa shape index (κ3) is 3.61. The van der Waals surface area contributed by atoms with E-state index in [0.29, 0.717) is 5.56 Å². The van der Waals surface area contributed by atoms with Gasteiger partial charge in [-0.2, -0.15) is 8.42 Å². The molecule has 0 aliphatic carbocycles. The number of aliphatic hydroxyl groups is 1. The Morgan fingerprint density at radius 2 is 1.94 bits per heavy atom. The van der Waals surface area contributed by atoms with Gasteiger partial charge in [0.15, 0.2) is 0 Å². The molecule has 0 aliphatic heterocycles. The molecule has 0 amide bonds. The summed E-state index contributed by atoms with van der Waals surface area (Å²) in [7, 11) is -3.60. The van der Waals surface area contributed by atoms with E-state index in [4.69, 9.17) is 4.18 Å². The Kier molecular flexibility index (Phi) is 3.68. The van der Waals surface area contributed by atoms with Gasteiger partial charge in [0.1, 0.15) is 11.5 Å². The summed E-state index contributed by atoms with van der Waals surface area (Å²) in [6.07, 6.45) is 0.941. The molecule has 0 unspecified atom stereocenters. The maximum absolute atomic E-state index is 11.0. The number of phenols is 1. The molecule has 1 aromatic carbocycles. The minimum absolute atomic E-state index is 0.00935. The first-order valence-electron chi connectivity index (χ1n) is 4.99. The smallest absolute Gasteiger partial charge is 0.306 e. The number of hydrogen-bond donors (Lipinski definition) is 2. The van der Waals surface area contributed by atoms with Crippen LogP contribution < -0.4 is 4.18 Å². The molecule has 0 saturated carbocycles. The van der Waals surface area contributed by atoms with Crippen LogP contribution in [0.25, 0.3) is 0 Å². The van der Waals surface area contributed by atoms with Gasteiger partial charge in [-0.3, -0.25) is 0 Å². The van der Waals surface area contributed by atoms with E-state index in [0.717, 1.165) is 6.26 Å². The predicted octanol–water partition coefficient (Wildman–Crippen LogP) is 1.00. The summed E-state index contributed by atoms with van der Waals surface area (Å²) in [6, 6.07) is 4.10. The van der Waals surface area contributed by atoms with Crippen molar-refractivity contribution in [3.63, 3.8) is 0 Å². The molecule has 2 N–H and O–H groups in total. The second-order valence-corrected chi connectivity index (χ2v) is 6.08. The first-order chi connectivity index (χ1) is 7.65. The van der Waals surface area contributed by atoms with E-state index in [2.05, 4.69) is 0 Å². The SMILES string of the molecule is CC(C)(CO)c1cc(OS(C)(=O)=O)ccc1O. The van der Waals surface area contributed by atoms with Gasteiger partial charge in [0.2, 0.25) is 0 Å². The largest absolute Gasteiger partial charge is 0.508 e. The highest BCUT2D eigenvalue weighted by atomic mass is 32.2. The van der Waals surface area contributed by atoms with Crippen molar-refractivity contribution in [3.8, 4) is 11.5 Å². The molecular weight excluding hydrogens is 244 g/mol. The van der Waals surface area contributed by atoms with Crippen LogP contribution in [0.2, 0.25) is 0 Å². The Morgan fingerprint density at radius 3 is 2.41 bits per heavy atom. The van der Waals surface area contributed by atoms with Crippen LogP contribution in [0.1, 0.15) is 19.4 Å². The van der Waals surface area contributed by atoms with Crippen LogP contribution in [0.4, 0.5) is 0 Å². The van der Waals surface area contributed by atoms with Crippen LogP contribution in [0, 0.1) is 0 Å². The topological polar surface area (TPSA) is 83.8 Å². The standard InChI is InChI=1S/C11H16O5S/c1-11(2,7-12)9-6-8(4-5-10(9)13)16-17(3,14)15/h4-6,12-13H,7H2,1-3H3.